The lowest BCUT2D eigenvalue weighted by Gasteiger charge is -2.20. The van der Waals surface area contributed by atoms with Crippen molar-refractivity contribution in [2.45, 2.75) is 12.8 Å². The average molecular weight is 362 g/mol. The SMILES string of the molecule is O=C(c1ccc(F)cc1)N1CCc2nc(C=Cc3ccccc3)oc2CC1. The number of amides is 1. The van der Waals surface area contributed by atoms with Gasteiger partial charge in [0.25, 0.3) is 5.91 Å². The van der Waals surface area contributed by atoms with Crippen LogP contribution in [0.5, 0.6) is 0 Å². The molecule has 2 aromatic carbocycles. The molecule has 136 valence electrons. The first-order valence-electron chi connectivity index (χ1n) is 8.95. The van der Waals surface area contributed by atoms with Gasteiger partial charge >= 0.3 is 0 Å². The molecule has 0 aliphatic carbocycles. The highest BCUT2D eigenvalue weighted by molar-refractivity contribution is 5.94. The number of carbonyl (C=O) groups excluding carboxylic acids is 1. The van der Waals surface area contributed by atoms with Crippen LogP contribution in [0.2, 0.25) is 0 Å². The number of aromatic nitrogens is 1. The predicted octanol–water partition coefficient (Wildman–Crippen LogP) is 4.23. The molecule has 4 nitrogen and oxygen atoms in total. The van der Waals surface area contributed by atoms with Gasteiger partial charge in [-0.15, -0.1) is 0 Å². The van der Waals surface area contributed by atoms with E-state index in [1.54, 1.807) is 4.90 Å². The van der Waals surface area contributed by atoms with E-state index in [0.717, 1.165) is 17.0 Å². The molecular weight excluding hydrogens is 343 g/mol. The number of carbonyl (C=O) groups is 1. The monoisotopic (exact) mass is 362 g/mol. The van der Waals surface area contributed by atoms with Crippen molar-refractivity contribution >= 4 is 18.1 Å². The number of nitrogens with zero attached hydrogens (tertiary/aromatic N) is 2. The number of hydrogen-bond acceptors (Lipinski definition) is 3. The van der Waals surface area contributed by atoms with E-state index in [1.165, 1.54) is 24.3 Å². The Morgan fingerprint density at radius 1 is 1.00 bits per heavy atom. The van der Waals surface area contributed by atoms with Gasteiger partial charge in [-0.3, -0.25) is 4.79 Å². The minimum Gasteiger partial charge on any atom is -0.441 e. The van der Waals surface area contributed by atoms with Gasteiger partial charge in [0.15, 0.2) is 0 Å². The van der Waals surface area contributed by atoms with E-state index in [2.05, 4.69) is 4.98 Å². The summed E-state index contributed by atoms with van der Waals surface area (Å²) in [4.78, 5) is 18.9. The molecule has 0 fully saturated rings. The summed E-state index contributed by atoms with van der Waals surface area (Å²) >= 11 is 0. The first-order chi connectivity index (χ1) is 13.2. The minimum atomic E-state index is -0.345. The van der Waals surface area contributed by atoms with Crippen molar-refractivity contribution in [1.29, 1.82) is 0 Å². The van der Waals surface area contributed by atoms with E-state index in [4.69, 9.17) is 4.42 Å². The first-order valence-corrected chi connectivity index (χ1v) is 8.95. The van der Waals surface area contributed by atoms with E-state index in [1.807, 2.05) is 42.5 Å². The molecule has 1 aliphatic rings. The number of oxazole rings is 1. The maximum absolute atomic E-state index is 13.1. The van der Waals surface area contributed by atoms with Crippen LogP contribution in [0.15, 0.2) is 59.0 Å². The molecule has 0 saturated carbocycles. The van der Waals surface area contributed by atoms with Gasteiger partial charge in [-0.05, 0) is 35.9 Å². The molecule has 0 N–H and O–H groups in total. The van der Waals surface area contributed by atoms with Gasteiger partial charge in [-0.25, -0.2) is 9.37 Å². The van der Waals surface area contributed by atoms with Crippen LogP contribution in [0.3, 0.4) is 0 Å². The van der Waals surface area contributed by atoms with E-state index >= 15 is 0 Å². The lowest BCUT2D eigenvalue weighted by atomic mass is 10.2. The summed E-state index contributed by atoms with van der Waals surface area (Å²) in [5.74, 6) is 0.977. The Hall–Kier alpha value is -3.21. The lowest BCUT2D eigenvalue weighted by Crippen LogP contribution is -2.33. The third-order valence-corrected chi connectivity index (χ3v) is 4.62. The van der Waals surface area contributed by atoms with E-state index < -0.39 is 0 Å². The van der Waals surface area contributed by atoms with Gasteiger partial charge in [0, 0.05) is 37.6 Å². The number of rotatable bonds is 3. The van der Waals surface area contributed by atoms with E-state index in [0.29, 0.717) is 37.4 Å². The number of benzene rings is 2. The third-order valence-electron chi connectivity index (χ3n) is 4.62. The van der Waals surface area contributed by atoms with Crippen molar-refractivity contribution < 1.29 is 13.6 Å². The lowest BCUT2D eigenvalue weighted by molar-refractivity contribution is 0.0761. The van der Waals surface area contributed by atoms with Crippen LogP contribution in [0, 0.1) is 5.82 Å². The highest BCUT2D eigenvalue weighted by atomic mass is 19.1. The highest BCUT2D eigenvalue weighted by Gasteiger charge is 2.23. The Morgan fingerprint density at radius 2 is 1.74 bits per heavy atom. The first kappa shape index (κ1) is 17.2. The molecule has 1 aliphatic heterocycles. The highest BCUT2D eigenvalue weighted by Crippen LogP contribution is 2.20. The Bertz CT molecular complexity index is 936. The Labute approximate surface area is 157 Å². The molecule has 0 radical (unpaired) electrons. The summed E-state index contributed by atoms with van der Waals surface area (Å²) in [5, 5.41) is 0. The van der Waals surface area contributed by atoms with Crippen LogP contribution in [-0.2, 0) is 12.8 Å². The molecule has 0 atom stereocenters. The zero-order valence-electron chi connectivity index (χ0n) is 14.8. The molecule has 27 heavy (non-hydrogen) atoms. The second-order valence-corrected chi connectivity index (χ2v) is 6.47. The van der Waals surface area contributed by atoms with Crippen LogP contribution in [-0.4, -0.2) is 28.9 Å². The predicted molar refractivity (Wildman–Crippen MR) is 102 cm³/mol. The van der Waals surface area contributed by atoms with Gasteiger partial charge in [0.2, 0.25) is 5.89 Å². The molecule has 4 rings (SSSR count). The van der Waals surface area contributed by atoms with Crippen LogP contribution in [0.1, 0.15) is 33.3 Å². The van der Waals surface area contributed by atoms with Gasteiger partial charge in [-0.2, -0.15) is 0 Å². The third kappa shape index (κ3) is 3.97. The molecule has 2 heterocycles. The van der Waals surface area contributed by atoms with Crippen LogP contribution in [0.4, 0.5) is 4.39 Å². The Balaban J connectivity index is 1.44. The number of fused-ring (bicyclic) bond motifs is 1. The second-order valence-electron chi connectivity index (χ2n) is 6.47. The zero-order chi connectivity index (χ0) is 18.6. The smallest absolute Gasteiger partial charge is 0.253 e. The molecule has 0 spiro atoms. The van der Waals surface area contributed by atoms with Gasteiger partial charge < -0.3 is 9.32 Å². The summed E-state index contributed by atoms with van der Waals surface area (Å²) in [5.41, 5.74) is 2.48. The number of halogens is 1. The maximum Gasteiger partial charge on any atom is 0.253 e. The molecule has 3 aromatic rings. The molecule has 5 heteroatoms. The summed E-state index contributed by atoms with van der Waals surface area (Å²) in [7, 11) is 0. The summed E-state index contributed by atoms with van der Waals surface area (Å²) in [6.45, 7) is 1.12. The normalized spacial score (nSPS) is 14.2. The average Bonchev–Trinajstić information content (AvgIpc) is 2.99. The number of hydrogen-bond donors (Lipinski definition) is 0. The minimum absolute atomic E-state index is 0.0932. The maximum atomic E-state index is 13.1. The Morgan fingerprint density at radius 3 is 2.52 bits per heavy atom. The fourth-order valence-corrected chi connectivity index (χ4v) is 3.16. The summed E-state index contributed by atoms with van der Waals surface area (Å²) in [6, 6.07) is 15.6. The van der Waals surface area contributed by atoms with E-state index in [9.17, 15) is 9.18 Å². The largest absolute Gasteiger partial charge is 0.441 e. The van der Waals surface area contributed by atoms with Gasteiger partial charge in [-0.1, -0.05) is 30.3 Å². The molecular formula is C22H19FN2O2. The molecule has 1 amide bonds. The molecule has 0 saturated heterocycles. The van der Waals surface area contributed by atoms with Gasteiger partial charge in [0.05, 0.1) is 5.69 Å². The molecule has 1 aromatic heterocycles. The van der Waals surface area contributed by atoms with Crippen molar-refractivity contribution in [3.63, 3.8) is 0 Å². The fraction of sp³-hybridized carbons (Fsp3) is 0.182. The van der Waals surface area contributed by atoms with Crippen LogP contribution < -0.4 is 0 Å². The quantitative estimate of drug-likeness (QED) is 0.701. The summed E-state index contributed by atoms with van der Waals surface area (Å²) < 4.78 is 18.9. The van der Waals surface area contributed by atoms with Gasteiger partial charge in [0.1, 0.15) is 11.6 Å². The van der Waals surface area contributed by atoms with Crippen molar-refractivity contribution in [3.8, 4) is 0 Å². The zero-order valence-corrected chi connectivity index (χ0v) is 14.8. The van der Waals surface area contributed by atoms with Crippen molar-refractivity contribution in [2.75, 3.05) is 13.1 Å². The van der Waals surface area contributed by atoms with Crippen molar-refractivity contribution in [2.24, 2.45) is 0 Å². The summed E-state index contributed by atoms with van der Waals surface area (Å²) in [6.07, 6.45) is 5.10. The van der Waals surface area contributed by atoms with Crippen LogP contribution in [0.25, 0.3) is 12.2 Å². The fourth-order valence-electron chi connectivity index (χ4n) is 3.16. The van der Waals surface area contributed by atoms with E-state index in [-0.39, 0.29) is 11.7 Å². The standard InChI is InChI=1S/C22H19FN2O2/c23-18-9-7-17(8-10-18)22(26)25-14-12-19-20(13-15-25)27-21(24-19)11-6-16-4-2-1-3-5-16/h1-11H,12-15H2. The Kier molecular flexibility index (Phi) is 4.83. The van der Waals surface area contributed by atoms with Crippen molar-refractivity contribution in [1.82, 2.24) is 9.88 Å². The van der Waals surface area contributed by atoms with Crippen LogP contribution >= 0.6 is 0 Å². The van der Waals surface area contributed by atoms with Crippen molar-refractivity contribution in [3.05, 3.63) is 88.9 Å². The molecule has 0 bridgehead atoms. The topological polar surface area (TPSA) is 46.3 Å². The second kappa shape index (κ2) is 7.58. The molecule has 0 unspecified atom stereocenters.